The Morgan fingerprint density at radius 1 is 0.783 bits per heavy atom. The van der Waals surface area contributed by atoms with Crippen LogP contribution in [0.5, 0.6) is 0 Å². The summed E-state index contributed by atoms with van der Waals surface area (Å²) in [6, 6.07) is 0. The molecule has 10 atom stereocenters. The summed E-state index contributed by atoms with van der Waals surface area (Å²) in [4.78, 5) is 0. The lowest BCUT2D eigenvalue weighted by molar-refractivity contribution is -0.315. The van der Waals surface area contributed by atoms with E-state index in [0.29, 0.717) is 0 Å². The van der Waals surface area contributed by atoms with E-state index in [4.69, 9.17) is 19.3 Å². The summed E-state index contributed by atoms with van der Waals surface area (Å²) in [5.74, 6) is 0. The zero-order valence-corrected chi connectivity index (χ0v) is 12.9. The van der Waals surface area contributed by atoms with Gasteiger partial charge in [0.2, 0.25) is 0 Å². The van der Waals surface area contributed by atoms with Crippen molar-refractivity contribution in [2.75, 3.05) is 13.2 Å². The van der Waals surface area contributed by atoms with Crippen LogP contribution in [0, 0.1) is 0 Å². The molecule has 0 aliphatic carbocycles. The molecule has 2 rings (SSSR count). The average Bonchev–Trinajstić information content (AvgIpc) is 2.54. The van der Waals surface area contributed by atoms with E-state index in [9.17, 15) is 30.6 Å². The third kappa shape index (κ3) is 3.96. The Hall–Kier alpha value is -0.0500. The van der Waals surface area contributed by atoms with Gasteiger partial charge in [-0.15, -0.1) is 0 Å². The summed E-state index contributed by atoms with van der Waals surface area (Å²) in [5.41, 5.74) is 0. The van der Waals surface area contributed by atoms with Crippen LogP contribution < -0.4 is 0 Å². The van der Waals surface area contributed by atoms with Gasteiger partial charge in [0.25, 0.3) is 0 Å². The van der Waals surface area contributed by atoms with Gasteiger partial charge in [-0.2, -0.15) is 12.6 Å². The number of aliphatic hydroxyl groups is 7. The second-order valence-corrected chi connectivity index (χ2v) is 6.16. The van der Waals surface area contributed by atoms with Gasteiger partial charge in [-0.3, -0.25) is 0 Å². The molecule has 0 aromatic heterocycles. The Morgan fingerprint density at radius 2 is 1.39 bits per heavy atom. The predicted molar refractivity (Wildman–Crippen MR) is 75.4 cm³/mol. The molecule has 6 unspecified atom stereocenters. The fourth-order valence-corrected chi connectivity index (χ4v) is 2.71. The Bertz CT molecular complexity index is 385. The highest BCUT2D eigenvalue weighted by molar-refractivity contribution is 7.81. The predicted octanol–water partition coefficient (Wildman–Crippen LogP) is -4.46. The molecule has 2 aliphatic heterocycles. The number of hydrogen-bond donors (Lipinski definition) is 8. The molecule has 0 spiro atoms. The Kier molecular flexibility index (Phi) is 6.61. The second-order valence-electron chi connectivity index (χ2n) is 5.57. The van der Waals surface area contributed by atoms with Crippen LogP contribution in [0.25, 0.3) is 0 Å². The first-order valence-electron chi connectivity index (χ1n) is 7.07. The minimum atomic E-state index is -1.60. The van der Waals surface area contributed by atoms with Gasteiger partial charge in [0.15, 0.2) is 12.6 Å². The van der Waals surface area contributed by atoms with Crippen molar-refractivity contribution in [3.05, 3.63) is 0 Å². The van der Waals surface area contributed by atoms with Crippen LogP contribution in [0.2, 0.25) is 0 Å². The zero-order valence-electron chi connectivity index (χ0n) is 12.0. The highest BCUT2D eigenvalue weighted by Crippen LogP contribution is 2.26. The Balaban J connectivity index is 1.94. The van der Waals surface area contributed by atoms with E-state index in [-0.39, 0.29) is 0 Å². The third-order valence-corrected chi connectivity index (χ3v) is 4.52. The molecule has 0 aromatic carbocycles. The average molecular weight is 358 g/mol. The number of hydrogen-bond acceptors (Lipinski definition) is 11. The van der Waals surface area contributed by atoms with Crippen molar-refractivity contribution in [2.45, 2.75) is 60.6 Å². The van der Waals surface area contributed by atoms with E-state index < -0.39 is 73.8 Å². The van der Waals surface area contributed by atoms with Crippen LogP contribution in [0.4, 0.5) is 0 Å². The molecule has 136 valence electrons. The zero-order chi connectivity index (χ0) is 17.3. The van der Waals surface area contributed by atoms with E-state index in [1.807, 2.05) is 0 Å². The fourth-order valence-electron chi connectivity index (χ4n) is 2.46. The molecule has 0 aromatic rings. The van der Waals surface area contributed by atoms with Crippen molar-refractivity contribution in [1.82, 2.24) is 0 Å². The fraction of sp³-hybridized carbons (Fsp3) is 1.00. The summed E-state index contributed by atoms with van der Waals surface area (Å²) in [5, 5.41) is 66.3. The molecule has 0 amide bonds. The van der Waals surface area contributed by atoms with E-state index in [1.54, 1.807) is 0 Å². The van der Waals surface area contributed by atoms with Gasteiger partial charge < -0.3 is 50.0 Å². The van der Waals surface area contributed by atoms with E-state index in [1.165, 1.54) is 0 Å². The van der Waals surface area contributed by atoms with Crippen LogP contribution in [0.3, 0.4) is 0 Å². The number of thiol groups is 1. The van der Waals surface area contributed by atoms with Gasteiger partial charge >= 0.3 is 0 Å². The maximum atomic E-state index is 9.87. The monoisotopic (exact) mass is 358 g/mol. The van der Waals surface area contributed by atoms with E-state index in [2.05, 4.69) is 12.6 Å². The van der Waals surface area contributed by atoms with E-state index >= 15 is 0 Å². The molecule has 2 heterocycles. The Labute approximate surface area is 137 Å². The molecule has 2 aliphatic rings. The summed E-state index contributed by atoms with van der Waals surface area (Å²) in [6.07, 6.45) is -12.5. The van der Waals surface area contributed by atoms with Crippen molar-refractivity contribution in [1.29, 1.82) is 0 Å². The first kappa shape index (κ1) is 19.3. The first-order chi connectivity index (χ1) is 10.8. The molecule has 2 saturated heterocycles. The molecular formula is C12H22O10S. The summed E-state index contributed by atoms with van der Waals surface area (Å²) >= 11 is 3.90. The minimum absolute atomic E-state index is 0.390. The lowest BCUT2D eigenvalue weighted by atomic mass is 9.99. The number of ether oxygens (including phenoxy) is 3. The van der Waals surface area contributed by atoms with Crippen molar-refractivity contribution in [3.63, 3.8) is 0 Å². The van der Waals surface area contributed by atoms with Gasteiger partial charge in [-0.1, -0.05) is 0 Å². The standard InChI is InChI=1S/C12H22O10S/c13-1-3-5(14)7(16)9(18)12(22-3)20-2-4-6(15)8(17)10(23)11(19)21-4/h3-19,23H,1-2H2/t3?,4-,5?,6-,7?,8+,9?,10?,11+,12?/m1/s1. The highest BCUT2D eigenvalue weighted by Gasteiger charge is 2.46. The lowest BCUT2D eigenvalue weighted by Gasteiger charge is -2.42. The normalized spacial score (nSPS) is 51.7. The molecule has 10 nitrogen and oxygen atoms in total. The van der Waals surface area contributed by atoms with Crippen LogP contribution in [0.1, 0.15) is 0 Å². The van der Waals surface area contributed by atoms with Crippen LogP contribution >= 0.6 is 12.6 Å². The number of rotatable bonds is 4. The molecule has 7 N–H and O–H groups in total. The highest BCUT2D eigenvalue weighted by atomic mass is 32.1. The van der Waals surface area contributed by atoms with Crippen molar-refractivity contribution < 1.29 is 50.0 Å². The number of aliphatic hydroxyl groups excluding tert-OH is 7. The minimum Gasteiger partial charge on any atom is -0.394 e. The molecular weight excluding hydrogens is 336 g/mol. The second kappa shape index (κ2) is 7.89. The molecule has 23 heavy (non-hydrogen) atoms. The molecule has 0 bridgehead atoms. The van der Waals surface area contributed by atoms with Gasteiger partial charge in [0, 0.05) is 0 Å². The Morgan fingerprint density at radius 3 is 2.00 bits per heavy atom. The molecule has 11 heteroatoms. The summed E-state index contributed by atoms with van der Waals surface area (Å²) < 4.78 is 15.4. The van der Waals surface area contributed by atoms with Crippen molar-refractivity contribution >= 4 is 12.6 Å². The van der Waals surface area contributed by atoms with Crippen molar-refractivity contribution in [3.8, 4) is 0 Å². The first-order valence-corrected chi connectivity index (χ1v) is 7.59. The largest absolute Gasteiger partial charge is 0.394 e. The van der Waals surface area contributed by atoms with Crippen LogP contribution in [-0.4, -0.2) is 110 Å². The molecule has 2 fully saturated rings. The third-order valence-electron chi connectivity index (χ3n) is 3.96. The maximum Gasteiger partial charge on any atom is 0.186 e. The van der Waals surface area contributed by atoms with E-state index in [0.717, 1.165) is 0 Å². The summed E-state index contributed by atoms with van der Waals surface area (Å²) in [7, 11) is 0. The quantitative estimate of drug-likeness (QED) is 0.229. The topological polar surface area (TPSA) is 169 Å². The molecule has 0 radical (unpaired) electrons. The smallest absolute Gasteiger partial charge is 0.186 e. The van der Waals surface area contributed by atoms with Gasteiger partial charge in [-0.05, 0) is 0 Å². The SMILES string of the molecule is OCC1OC(OC[C@H]2O[C@H](O)C(S)[C@@H](O)[C@@H]2O)C(O)C(O)C1O. The van der Waals surface area contributed by atoms with Gasteiger partial charge in [-0.25, -0.2) is 0 Å². The summed E-state index contributed by atoms with van der Waals surface area (Å²) in [6.45, 7) is -0.995. The van der Waals surface area contributed by atoms with Crippen LogP contribution in [0.15, 0.2) is 0 Å². The molecule has 0 saturated carbocycles. The van der Waals surface area contributed by atoms with Crippen LogP contribution in [-0.2, 0) is 14.2 Å². The van der Waals surface area contributed by atoms with Crippen molar-refractivity contribution in [2.24, 2.45) is 0 Å². The maximum absolute atomic E-state index is 9.87. The van der Waals surface area contributed by atoms with Gasteiger partial charge in [0.1, 0.15) is 36.6 Å². The lowest BCUT2D eigenvalue weighted by Crippen LogP contribution is -2.60. The van der Waals surface area contributed by atoms with Gasteiger partial charge in [0.05, 0.1) is 24.6 Å².